The number of ether oxygens (including phenoxy) is 2. The number of methoxy groups -OCH3 is 1. The molecule has 17 heavy (non-hydrogen) atoms. The van der Waals surface area contributed by atoms with Gasteiger partial charge >= 0.3 is 5.97 Å². The average Bonchev–Trinajstić information content (AvgIpc) is 2.28. The zero-order valence-electron chi connectivity index (χ0n) is 10.6. The van der Waals surface area contributed by atoms with Crippen molar-refractivity contribution >= 4 is 5.97 Å². The van der Waals surface area contributed by atoms with Crippen LogP contribution in [-0.4, -0.2) is 24.3 Å². The maximum atomic E-state index is 11.4. The van der Waals surface area contributed by atoms with Crippen molar-refractivity contribution in [3.8, 4) is 5.75 Å². The summed E-state index contributed by atoms with van der Waals surface area (Å²) in [6.45, 7) is 5.16. The van der Waals surface area contributed by atoms with Gasteiger partial charge in [-0.15, -0.1) is 0 Å². The molecule has 0 aliphatic rings. The number of carboxylic acids is 1. The average molecular weight is 238 g/mol. The third kappa shape index (κ3) is 2.97. The molecule has 1 atom stereocenters. The van der Waals surface area contributed by atoms with E-state index >= 15 is 0 Å². The van der Waals surface area contributed by atoms with Gasteiger partial charge in [0.25, 0.3) is 0 Å². The zero-order chi connectivity index (χ0) is 13.1. The molecule has 1 N–H and O–H groups in total. The van der Waals surface area contributed by atoms with E-state index in [-0.39, 0.29) is 6.10 Å². The quantitative estimate of drug-likeness (QED) is 0.855. The summed E-state index contributed by atoms with van der Waals surface area (Å²) in [4.78, 5) is 11.4. The summed E-state index contributed by atoms with van der Waals surface area (Å²) in [6, 6.07) is 6.91. The Morgan fingerprint density at radius 1 is 1.41 bits per heavy atom. The summed E-state index contributed by atoms with van der Waals surface area (Å²) < 4.78 is 10.6. The smallest absolute Gasteiger partial charge is 0.340 e. The van der Waals surface area contributed by atoms with E-state index in [1.807, 2.05) is 0 Å². The fourth-order valence-corrected chi connectivity index (χ4v) is 1.63. The predicted molar refractivity (Wildman–Crippen MR) is 64.2 cm³/mol. The van der Waals surface area contributed by atoms with E-state index in [4.69, 9.17) is 9.47 Å². The highest BCUT2D eigenvalue weighted by molar-refractivity contribution is 5.79. The fraction of sp³-hybridized carbons (Fsp3) is 0.462. The van der Waals surface area contributed by atoms with Crippen LogP contribution in [0.4, 0.5) is 0 Å². The topological polar surface area (TPSA) is 55.8 Å². The van der Waals surface area contributed by atoms with E-state index in [1.54, 1.807) is 52.1 Å². The minimum absolute atomic E-state index is 0.178. The summed E-state index contributed by atoms with van der Waals surface area (Å²) in [5.74, 6) is -0.401. The van der Waals surface area contributed by atoms with Crippen LogP contribution in [0, 0.1) is 0 Å². The van der Waals surface area contributed by atoms with Crippen LogP contribution in [0.5, 0.6) is 5.75 Å². The molecule has 0 bridgehead atoms. The van der Waals surface area contributed by atoms with Gasteiger partial charge in [0.1, 0.15) is 5.75 Å². The number of carbonyl (C=O) groups is 1. The molecule has 0 fully saturated rings. The summed E-state index contributed by atoms with van der Waals surface area (Å²) >= 11 is 0. The molecule has 1 aromatic carbocycles. The SMILES string of the molecule is COc1cccc(C(C)(OC(C)C)C(=O)O)c1. The Hall–Kier alpha value is -1.55. The Morgan fingerprint density at radius 2 is 2.06 bits per heavy atom. The van der Waals surface area contributed by atoms with E-state index in [2.05, 4.69) is 0 Å². The van der Waals surface area contributed by atoms with Gasteiger partial charge in [-0.25, -0.2) is 4.79 Å². The van der Waals surface area contributed by atoms with Gasteiger partial charge in [-0.2, -0.15) is 0 Å². The molecule has 0 spiro atoms. The van der Waals surface area contributed by atoms with E-state index < -0.39 is 11.6 Å². The van der Waals surface area contributed by atoms with Gasteiger partial charge in [0.15, 0.2) is 5.60 Å². The van der Waals surface area contributed by atoms with E-state index in [9.17, 15) is 9.90 Å². The Bertz CT molecular complexity index is 400. The zero-order valence-corrected chi connectivity index (χ0v) is 10.6. The highest BCUT2D eigenvalue weighted by Gasteiger charge is 2.37. The number of benzene rings is 1. The molecule has 0 saturated carbocycles. The van der Waals surface area contributed by atoms with Crippen molar-refractivity contribution in [2.75, 3.05) is 7.11 Å². The van der Waals surface area contributed by atoms with Crippen LogP contribution in [0.2, 0.25) is 0 Å². The molecule has 0 aliphatic heterocycles. The van der Waals surface area contributed by atoms with Gasteiger partial charge in [-0.1, -0.05) is 12.1 Å². The van der Waals surface area contributed by atoms with Crippen molar-refractivity contribution in [3.05, 3.63) is 29.8 Å². The molecule has 4 nitrogen and oxygen atoms in total. The number of rotatable bonds is 5. The molecule has 1 unspecified atom stereocenters. The molecular formula is C13H18O4. The van der Waals surface area contributed by atoms with Crippen molar-refractivity contribution in [2.24, 2.45) is 0 Å². The first kappa shape index (κ1) is 13.5. The van der Waals surface area contributed by atoms with Gasteiger partial charge in [-0.05, 0) is 38.5 Å². The molecule has 0 radical (unpaired) electrons. The molecule has 0 aliphatic carbocycles. The lowest BCUT2D eigenvalue weighted by Gasteiger charge is -2.28. The van der Waals surface area contributed by atoms with Crippen molar-refractivity contribution < 1.29 is 19.4 Å². The standard InChI is InChI=1S/C13H18O4/c1-9(2)17-13(3,12(14)15)10-6-5-7-11(8-10)16-4/h5-9H,1-4H3,(H,14,15). The minimum atomic E-state index is -1.36. The molecular weight excluding hydrogens is 220 g/mol. The second-order valence-corrected chi connectivity index (χ2v) is 4.24. The summed E-state index contributed by atoms with van der Waals surface area (Å²) in [7, 11) is 1.54. The summed E-state index contributed by atoms with van der Waals surface area (Å²) in [6.07, 6.45) is -0.178. The third-order valence-corrected chi connectivity index (χ3v) is 2.50. The van der Waals surface area contributed by atoms with E-state index in [1.165, 1.54) is 0 Å². The van der Waals surface area contributed by atoms with Crippen LogP contribution in [0.15, 0.2) is 24.3 Å². The second kappa shape index (κ2) is 5.19. The fourth-order valence-electron chi connectivity index (χ4n) is 1.63. The first-order valence-electron chi connectivity index (χ1n) is 5.46. The van der Waals surface area contributed by atoms with Crippen LogP contribution in [0.25, 0.3) is 0 Å². The van der Waals surface area contributed by atoms with Gasteiger partial charge < -0.3 is 14.6 Å². The maximum absolute atomic E-state index is 11.4. The first-order valence-corrected chi connectivity index (χ1v) is 5.46. The molecule has 0 saturated heterocycles. The van der Waals surface area contributed by atoms with Crippen LogP contribution in [0.3, 0.4) is 0 Å². The number of hydrogen-bond donors (Lipinski definition) is 1. The monoisotopic (exact) mass is 238 g/mol. The summed E-state index contributed by atoms with van der Waals surface area (Å²) in [5.41, 5.74) is -0.791. The molecule has 94 valence electrons. The lowest BCUT2D eigenvalue weighted by atomic mass is 9.95. The van der Waals surface area contributed by atoms with Crippen molar-refractivity contribution in [2.45, 2.75) is 32.5 Å². The highest BCUT2D eigenvalue weighted by atomic mass is 16.5. The number of aliphatic carboxylic acids is 1. The Balaban J connectivity index is 3.17. The van der Waals surface area contributed by atoms with E-state index in [0.29, 0.717) is 11.3 Å². The van der Waals surface area contributed by atoms with Crippen molar-refractivity contribution in [3.63, 3.8) is 0 Å². The molecule has 1 aromatic rings. The normalized spacial score (nSPS) is 14.4. The van der Waals surface area contributed by atoms with Gasteiger partial charge in [0.2, 0.25) is 0 Å². The lowest BCUT2D eigenvalue weighted by molar-refractivity contribution is -0.170. The van der Waals surface area contributed by atoms with E-state index in [0.717, 1.165) is 0 Å². The number of carboxylic acid groups (broad SMARTS) is 1. The van der Waals surface area contributed by atoms with Crippen LogP contribution in [0.1, 0.15) is 26.3 Å². The summed E-state index contributed by atoms with van der Waals surface area (Å²) in [5, 5.41) is 9.33. The van der Waals surface area contributed by atoms with Crippen molar-refractivity contribution in [1.29, 1.82) is 0 Å². The third-order valence-electron chi connectivity index (χ3n) is 2.50. The van der Waals surface area contributed by atoms with Gasteiger partial charge in [0.05, 0.1) is 13.2 Å². The lowest BCUT2D eigenvalue weighted by Crippen LogP contribution is -2.37. The maximum Gasteiger partial charge on any atom is 0.340 e. The first-order chi connectivity index (χ1) is 7.90. The van der Waals surface area contributed by atoms with Crippen molar-refractivity contribution in [1.82, 2.24) is 0 Å². The highest BCUT2D eigenvalue weighted by Crippen LogP contribution is 2.29. The second-order valence-electron chi connectivity index (χ2n) is 4.24. The minimum Gasteiger partial charge on any atom is -0.497 e. The molecule has 0 amide bonds. The van der Waals surface area contributed by atoms with Crippen LogP contribution < -0.4 is 4.74 Å². The van der Waals surface area contributed by atoms with Gasteiger partial charge in [0, 0.05) is 0 Å². The molecule has 1 rings (SSSR count). The van der Waals surface area contributed by atoms with Crippen LogP contribution in [-0.2, 0) is 15.1 Å². The van der Waals surface area contributed by atoms with Gasteiger partial charge in [-0.3, -0.25) is 0 Å². The predicted octanol–water partition coefficient (Wildman–Crippen LogP) is 2.42. The Labute approximate surface area is 101 Å². The Kier molecular flexibility index (Phi) is 4.12. The molecule has 0 aromatic heterocycles. The Morgan fingerprint density at radius 3 is 2.53 bits per heavy atom. The largest absolute Gasteiger partial charge is 0.497 e. The molecule has 4 heteroatoms. The number of hydrogen-bond acceptors (Lipinski definition) is 3. The van der Waals surface area contributed by atoms with Crippen LogP contribution >= 0.6 is 0 Å². The molecule has 0 heterocycles.